The quantitative estimate of drug-likeness (QED) is 0.874. The zero-order chi connectivity index (χ0) is 16.2. The molecule has 2 heterocycles. The van der Waals surface area contributed by atoms with Gasteiger partial charge in [-0.2, -0.15) is 5.10 Å². The number of hydrogen-bond donors (Lipinski definition) is 1. The van der Waals surface area contributed by atoms with Gasteiger partial charge in [0.2, 0.25) is 0 Å². The predicted molar refractivity (Wildman–Crippen MR) is 86.8 cm³/mol. The van der Waals surface area contributed by atoms with Gasteiger partial charge in [0.1, 0.15) is 5.75 Å². The number of ether oxygens (including phenoxy) is 2. The van der Waals surface area contributed by atoms with Crippen molar-refractivity contribution in [3.05, 3.63) is 42.2 Å². The first kappa shape index (κ1) is 16.0. The first-order valence-corrected chi connectivity index (χ1v) is 7.89. The summed E-state index contributed by atoms with van der Waals surface area (Å²) in [6.07, 6.45) is 3.25. The van der Waals surface area contributed by atoms with E-state index in [4.69, 9.17) is 9.47 Å². The van der Waals surface area contributed by atoms with Gasteiger partial charge in [-0.1, -0.05) is 6.92 Å². The van der Waals surface area contributed by atoms with Crippen molar-refractivity contribution in [3.8, 4) is 11.4 Å². The van der Waals surface area contributed by atoms with Crippen LogP contribution in [0.5, 0.6) is 5.75 Å². The van der Waals surface area contributed by atoms with E-state index in [9.17, 15) is 5.11 Å². The van der Waals surface area contributed by atoms with Gasteiger partial charge in [0.15, 0.2) is 0 Å². The van der Waals surface area contributed by atoms with Crippen molar-refractivity contribution in [1.82, 2.24) is 14.7 Å². The molecule has 1 N–H and O–H groups in total. The van der Waals surface area contributed by atoms with Gasteiger partial charge in [-0.15, -0.1) is 0 Å². The van der Waals surface area contributed by atoms with Crippen molar-refractivity contribution in [2.24, 2.45) is 0 Å². The number of rotatable bonds is 6. The summed E-state index contributed by atoms with van der Waals surface area (Å²) in [4.78, 5) is 2.24. The van der Waals surface area contributed by atoms with Gasteiger partial charge in [-0.25, -0.2) is 4.68 Å². The summed E-state index contributed by atoms with van der Waals surface area (Å²) < 4.78 is 12.6. The highest BCUT2D eigenvalue weighted by Gasteiger charge is 2.31. The van der Waals surface area contributed by atoms with Crippen LogP contribution in [0, 0.1) is 0 Å². The van der Waals surface area contributed by atoms with E-state index in [0.717, 1.165) is 23.5 Å². The molecular formula is C17H23N3O3. The maximum atomic E-state index is 10.1. The molecule has 1 aliphatic rings. The van der Waals surface area contributed by atoms with Crippen LogP contribution in [-0.2, 0) is 11.3 Å². The third-order valence-electron chi connectivity index (χ3n) is 4.31. The second-order valence-corrected chi connectivity index (χ2v) is 5.68. The third-order valence-corrected chi connectivity index (χ3v) is 4.31. The van der Waals surface area contributed by atoms with Gasteiger partial charge in [0.25, 0.3) is 0 Å². The van der Waals surface area contributed by atoms with Crippen LogP contribution in [0.4, 0.5) is 0 Å². The maximum absolute atomic E-state index is 10.1. The lowest BCUT2D eigenvalue weighted by Crippen LogP contribution is -2.42. The third kappa shape index (κ3) is 3.39. The molecule has 1 saturated heterocycles. The van der Waals surface area contributed by atoms with Crippen LogP contribution in [0.25, 0.3) is 5.69 Å². The lowest BCUT2D eigenvalue weighted by atomic mass is 10.1. The monoisotopic (exact) mass is 317 g/mol. The lowest BCUT2D eigenvalue weighted by molar-refractivity contribution is 0.0807. The molecule has 0 amide bonds. The van der Waals surface area contributed by atoms with Crippen LogP contribution >= 0.6 is 0 Å². The second-order valence-electron chi connectivity index (χ2n) is 5.68. The summed E-state index contributed by atoms with van der Waals surface area (Å²) in [6, 6.07) is 7.90. The van der Waals surface area contributed by atoms with Gasteiger partial charge in [0.05, 0.1) is 38.2 Å². The smallest absolute Gasteiger partial charge is 0.119 e. The van der Waals surface area contributed by atoms with E-state index < -0.39 is 6.10 Å². The molecule has 2 atom stereocenters. The van der Waals surface area contributed by atoms with Crippen molar-refractivity contribution < 1.29 is 14.6 Å². The highest BCUT2D eigenvalue weighted by Crippen LogP contribution is 2.24. The summed E-state index contributed by atoms with van der Waals surface area (Å²) in [5.74, 6) is 0.815. The summed E-state index contributed by atoms with van der Waals surface area (Å²) in [5.41, 5.74) is 2.12. The highest BCUT2D eigenvalue weighted by atomic mass is 16.5. The van der Waals surface area contributed by atoms with Crippen LogP contribution in [0.2, 0.25) is 0 Å². The fraction of sp³-hybridized carbons (Fsp3) is 0.471. The molecule has 1 aromatic carbocycles. The first-order chi connectivity index (χ1) is 11.2. The van der Waals surface area contributed by atoms with Crippen LogP contribution in [0.1, 0.15) is 12.5 Å². The zero-order valence-corrected chi connectivity index (χ0v) is 13.6. The first-order valence-electron chi connectivity index (χ1n) is 7.89. The van der Waals surface area contributed by atoms with E-state index in [-0.39, 0.29) is 6.04 Å². The molecule has 0 bridgehead atoms. The van der Waals surface area contributed by atoms with E-state index in [1.165, 1.54) is 0 Å². The molecule has 6 heteroatoms. The molecule has 6 nitrogen and oxygen atoms in total. The molecule has 23 heavy (non-hydrogen) atoms. The molecular weight excluding hydrogens is 294 g/mol. The van der Waals surface area contributed by atoms with E-state index in [2.05, 4.69) is 16.9 Å². The lowest BCUT2D eigenvalue weighted by Gasteiger charge is -2.29. The molecule has 0 saturated carbocycles. The minimum Gasteiger partial charge on any atom is -0.497 e. The van der Waals surface area contributed by atoms with Crippen molar-refractivity contribution in [1.29, 1.82) is 0 Å². The Morgan fingerprint density at radius 1 is 1.43 bits per heavy atom. The number of nitrogens with zero attached hydrogens (tertiary/aromatic N) is 3. The standard InChI is InChI=1S/C17H23N3O3/c1-3-19(16-11-23-12-17(16)21)10-13-9-14(22-2)5-6-15(13)20-8-4-7-18-20/h4-9,16-17,21H,3,10-12H2,1-2H3/t16-,17-/m0/s1. The molecule has 0 radical (unpaired) electrons. The zero-order valence-electron chi connectivity index (χ0n) is 13.6. The second kappa shape index (κ2) is 7.12. The largest absolute Gasteiger partial charge is 0.497 e. The van der Waals surface area contributed by atoms with Crippen molar-refractivity contribution >= 4 is 0 Å². The van der Waals surface area contributed by atoms with E-state index in [1.54, 1.807) is 13.3 Å². The molecule has 2 aromatic rings. The number of benzene rings is 1. The normalized spacial score (nSPS) is 21.0. The molecule has 3 rings (SSSR count). The number of aliphatic hydroxyl groups excluding tert-OH is 1. The molecule has 0 unspecified atom stereocenters. The van der Waals surface area contributed by atoms with Crippen molar-refractivity contribution in [2.45, 2.75) is 25.6 Å². The Kier molecular flexibility index (Phi) is 4.95. The number of likely N-dealkylation sites (N-methyl/N-ethyl adjacent to an activating group) is 1. The fourth-order valence-corrected chi connectivity index (χ4v) is 3.01. The Bertz CT molecular complexity index is 630. The Hall–Kier alpha value is -1.89. The van der Waals surface area contributed by atoms with Crippen LogP contribution in [0.15, 0.2) is 36.7 Å². The minimum atomic E-state index is -0.436. The molecule has 1 aliphatic heterocycles. The van der Waals surface area contributed by atoms with Gasteiger partial charge >= 0.3 is 0 Å². The van der Waals surface area contributed by atoms with E-state index in [0.29, 0.717) is 19.8 Å². The average molecular weight is 317 g/mol. The fourth-order valence-electron chi connectivity index (χ4n) is 3.01. The molecule has 124 valence electrons. The Labute approximate surface area is 136 Å². The van der Waals surface area contributed by atoms with E-state index >= 15 is 0 Å². The Morgan fingerprint density at radius 2 is 2.30 bits per heavy atom. The number of aromatic nitrogens is 2. The summed E-state index contributed by atoms with van der Waals surface area (Å²) in [7, 11) is 1.67. The molecule has 1 aromatic heterocycles. The molecule has 0 aliphatic carbocycles. The number of aliphatic hydroxyl groups is 1. The highest BCUT2D eigenvalue weighted by molar-refractivity contribution is 5.45. The van der Waals surface area contributed by atoms with Crippen molar-refractivity contribution in [3.63, 3.8) is 0 Å². The number of hydrogen-bond acceptors (Lipinski definition) is 5. The average Bonchev–Trinajstić information content (AvgIpc) is 3.24. The molecule has 1 fully saturated rings. The van der Waals surface area contributed by atoms with Gasteiger partial charge in [-0.3, -0.25) is 4.90 Å². The Morgan fingerprint density at radius 3 is 2.91 bits per heavy atom. The topological polar surface area (TPSA) is 59.8 Å². The Balaban J connectivity index is 1.90. The van der Waals surface area contributed by atoms with Crippen LogP contribution < -0.4 is 4.74 Å². The minimum absolute atomic E-state index is 0.0247. The van der Waals surface area contributed by atoms with Crippen molar-refractivity contribution in [2.75, 3.05) is 26.9 Å². The molecule has 0 spiro atoms. The van der Waals surface area contributed by atoms with Crippen LogP contribution in [-0.4, -0.2) is 58.8 Å². The van der Waals surface area contributed by atoms with Gasteiger partial charge in [-0.05, 0) is 36.4 Å². The summed E-state index contributed by atoms with van der Waals surface area (Å²) in [6.45, 7) is 4.61. The van der Waals surface area contributed by atoms with Gasteiger partial charge < -0.3 is 14.6 Å². The van der Waals surface area contributed by atoms with E-state index in [1.807, 2.05) is 35.1 Å². The predicted octanol–water partition coefficient (Wildman–Crippen LogP) is 1.46. The summed E-state index contributed by atoms with van der Waals surface area (Å²) in [5, 5.41) is 14.4. The SMILES string of the molecule is CCN(Cc1cc(OC)ccc1-n1cccn1)[C@H]1COC[C@@H]1O. The maximum Gasteiger partial charge on any atom is 0.119 e. The van der Waals surface area contributed by atoms with Gasteiger partial charge in [0, 0.05) is 18.9 Å². The summed E-state index contributed by atoms with van der Waals surface area (Å²) >= 11 is 0. The van der Waals surface area contributed by atoms with Crippen LogP contribution in [0.3, 0.4) is 0 Å². The number of methoxy groups -OCH3 is 1.